The van der Waals surface area contributed by atoms with Gasteiger partial charge < -0.3 is 5.32 Å². The first kappa shape index (κ1) is 14.2. The molecule has 1 aromatic heterocycles. The van der Waals surface area contributed by atoms with E-state index in [0.717, 1.165) is 15.6 Å². The highest BCUT2D eigenvalue weighted by atomic mass is 79.9. The van der Waals surface area contributed by atoms with Crippen molar-refractivity contribution < 1.29 is 4.79 Å². The zero-order valence-corrected chi connectivity index (χ0v) is 14.1. The van der Waals surface area contributed by atoms with Crippen molar-refractivity contribution in [1.82, 2.24) is 4.98 Å². The Hall–Kier alpha value is -0.170. The molecule has 0 unspecified atom stereocenters. The molecular formula is C11H9Br2ClN2OS. The molecule has 96 valence electrons. The summed E-state index contributed by atoms with van der Waals surface area (Å²) in [6.07, 6.45) is 0.725. The zero-order valence-electron chi connectivity index (χ0n) is 9.34. The number of nitrogens with one attached hydrogen (secondary N) is 1. The van der Waals surface area contributed by atoms with Gasteiger partial charge in [0.2, 0.25) is 5.91 Å². The number of hydrogen-bond donors (Lipinski definition) is 1. The number of nitrogens with zero attached hydrogens (tertiary/aromatic N) is 1. The van der Waals surface area contributed by atoms with Gasteiger partial charge in [0.15, 0.2) is 5.13 Å². The maximum atomic E-state index is 11.7. The van der Waals surface area contributed by atoms with E-state index in [1.807, 2.05) is 13.0 Å². The summed E-state index contributed by atoms with van der Waals surface area (Å²) in [6.45, 7) is 1.94. The summed E-state index contributed by atoms with van der Waals surface area (Å²) in [7, 11) is 0. The highest BCUT2D eigenvalue weighted by Gasteiger charge is 2.15. The highest BCUT2D eigenvalue weighted by molar-refractivity contribution is 9.10. The largest absolute Gasteiger partial charge is 0.301 e. The first-order valence-electron chi connectivity index (χ1n) is 5.21. The van der Waals surface area contributed by atoms with Crippen LogP contribution in [0, 0.1) is 0 Å². The number of carbonyl (C=O) groups excluding carboxylic acids is 1. The van der Waals surface area contributed by atoms with Crippen LogP contribution in [0.4, 0.5) is 5.13 Å². The van der Waals surface area contributed by atoms with Crippen LogP contribution in [0.5, 0.6) is 0 Å². The third-order valence-corrected chi connectivity index (χ3v) is 5.01. The van der Waals surface area contributed by atoms with Crippen molar-refractivity contribution in [1.29, 1.82) is 0 Å². The molecule has 0 saturated heterocycles. The number of anilines is 1. The molecule has 0 saturated carbocycles. The van der Waals surface area contributed by atoms with Crippen LogP contribution < -0.4 is 5.32 Å². The van der Waals surface area contributed by atoms with Crippen molar-refractivity contribution >= 4 is 76.1 Å². The average molecular weight is 413 g/mol. The van der Waals surface area contributed by atoms with Crippen LogP contribution >= 0.6 is 54.8 Å². The normalized spacial score (nSPS) is 12.7. The molecule has 0 radical (unpaired) electrons. The number of thiazole rings is 1. The molecule has 1 N–H and O–H groups in total. The first-order valence-corrected chi connectivity index (χ1v) is 8.12. The third-order valence-electron chi connectivity index (χ3n) is 2.29. The Kier molecular flexibility index (Phi) is 4.64. The summed E-state index contributed by atoms with van der Waals surface area (Å²) in [5, 5.41) is 3.91. The number of benzene rings is 1. The summed E-state index contributed by atoms with van der Waals surface area (Å²) in [5.74, 6) is -0.0910. The lowest BCUT2D eigenvalue weighted by molar-refractivity contribution is -0.115. The molecular weight excluding hydrogens is 403 g/mol. The molecule has 1 heterocycles. The summed E-state index contributed by atoms with van der Waals surface area (Å²) >= 11 is 14.2. The van der Waals surface area contributed by atoms with Gasteiger partial charge in [0.25, 0.3) is 0 Å². The van der Waals surface area contributed by atoms with Gasteiger partial charge in [-0.2, -0.15) is 0 Å². The van der Waals surface area contributed by atoms with E-state index in [9.17, 15) is 4.79 Å². The maximum absolute atomic E-state index is 11.7. The SMILES string of the molecule is CC[C@@H](Br)C(=O)Nc1nc2c(Cl)cc(Br)cc2s1. The summed E-state index contributed by atoms with van der Waals surface area (Å²) < 4.78 is 1.83. The Bertz CT molecular complexity index is 602. The minimum absolute atomic E-state index is 0.0910. The molecule has 7 heteroatoms. The lowest BCUT2D eigenvalue weighted by atomic mass is 10.3. The molecule has 0 bridgehead atoms. The topological polar surface area (TPSA) is 42.0 Å². The van der Waals surface area contributed by atoms with Crippen molar-refractivity contribution in [2.24, 2.45) is 0 Å². The van der Waals surface area contributed by atoms with Crippen LogP contribution in [0.2, 0.25) is 5.02 Å². The number of carbonyl (C=O) groups is 1. The predicted molar refractivity (Wildman–Crippen MR) is 84.0 cm³/mol. The summed E-state index contributed by atoms with van der Waals surface area (Å²) in [4.78, 5) is 15.9. The lowest BCUT2D eigenvalue weighted by Crippen LogP contribution is -2.21. The van der Waals surface area contributed by atoms with Crippen molar-refractivity contribution in [3.63, 3.8) is 0 Å². The fourth-order valence-electron chi connectivity index (χ4n) is 1.38. The van der Waals surface area contributed by atoms with E-state index in [2.05, 4.69) is 42.2 Å². The van der Waals surface area contributed by atoms with Crippen LogP contribution in [0.1, 0.15) is 13.3 Å². The van der Waals surface area contributed by atoms with Crippen LogP contribution in [0.25, 0.3) is 10.2 Å². The van der Waals surface area contributed by atoms with Gasteiger partial charge in [0, 0.05) is 4.47 Å². The van der Waals surface area contributed by atoms with Crippen LogP contribution in [-0.2, 0) is 4.79 Å². The second-order valence-electron chi connectivity index (χ2n) is 3.62. The van der Waals surface area contributed by atoms with Gasteiger partial charge in [-0.15, -0.1) is 0 Å². The molecule has 1 amide bonds. The van der Waals surface area contributed by atoms with Crippen molar-refractivity contribution in [2.45, 2.75) is 18.2 Å². The van der Waals surface area contributed by atoms with E-state index in [4.69, 9.17) is 11.6 Å². The lowest BCUT2D eigenvalue weighted by Gasteiger charge is -2.04. The van der Waals surface area contributed by atoms with Gasteiger partial charge in [-0.1, -0.05) is 61.7 Å². The number of aromatic nitrogens is 1. The number of rotatable bonds is 3. The molecule has 0 aliphatic rings. The average Bonchev–Trinajstić information content (AvgIpc) is 2.70. The summed E-state index contributed by atoms with van der Waals surface area (Å²) in [5.41, 5.74) is 0.711. The Labute approximate surface area is 130 Å². The Morgan fingerprint density at radius 1 is 1.61 bits per heavy atom. The molecule has 0 fully saturated rings. The number of alkyl halides is 1. The minimum atomic E-state index is -0.202. The van der Waals surface area contributed by atoms with Gasteiger partial charge >= 0.3 is 0 Å². The molecule has 3 nitrogen and oxygen atoms in total. The molecule has 18 heavy (non-hydrogen) atoms. The number of halogens is 3. The fourth-order valence-corrected chi connectivity index (χ4v) is 3.49. The standard InChI is InChI=1S/C11H9Br2ClN2OS/c1-2-6(13)10(17)16-11-15-9-7(14)3-5(12)4-8(9)18-11/h3-4,6H,2H2,1H3,(H,15,16,17)/t6-/m1/s1. The predicted octanol–water partition coefficient (Wildman–Crippen LogP) is 4.82. The van der Waals surface area contributed by atoms with E-state index < -0.39 is 0 Å². The van der Waals surface area contributed by atoms with Gasteiger partial charge in [0.05, 0.1) is 14.5 Å². The second kappa shape index (κ2) is 5.86. The number of fused-ring (bicyclic) bond motifs is 1. The Morgan fingerprint density at radius 3 is 3.00 bits per heavy atom. The molecule has 1 aromatic carbocycles. The van der Waals surface area contributed by atoms with E-state index in [1.54, 1.807) is 6.07 Å². The molecule has 2 rings (SSSR count). The van der Waals surface area contributed by atoms with Crippen molar-refractivity contribution in [3.05, 3.63) is 21.6 Å². The zero-order chi connectivity index (χ0) is 13.3. The summed E-state index contributed by atoms with van der Waals surface area (Å²) in [6, 6.07) is 3.72. The quantitative estimate of drug-likeness (QED) is 0.734. The second-order valence-corrected chi connectivity index (χ2v) is 7.08. The Balaban J connectivity index is 2.31. The Morgan fingerprint density at radius 2 is 2.33 bits per heavy atom. The van der Waals surface area contributed by atoms with Crippen LogP contribution in [-0.4, -0.2) is 15.7 Å². The van der Waals surface area contributed by atoms with Crippen LogP contribution in [0.3, 0.4) is 0 Å². The van der Waals surface area contributed by atoms with Gasteiger partial charge in [-0.3, -0.25) is 4.79 Å². The van der Waals surface area contributed by atoms with E-state index in [1.165, 1.54) is 11.3 Å². The van der Waals surface area contributed by atoms with Crippen LogP contribution in [0.15, 0.2) is 16.6 Å². The third kappa shape index (κ3) is 3.04. The molecule has 0 aliphatic heterocycles. The molecule has 1 atom stereocenters. The smallest absolute Gasteiger partial charge is 0.239 e. The fraction of sp³-hybridized carbons (Fsp3) is 0.273. The molecule has 0 spiro atoms. The first-order chi connectivity index (χ1) is 8.51. The monoisotopic (exact) mass is 410 g/mol. The highest BCUT2D eigenvalue weighted by Crippen LogP contribution is 2.34. The molecule has 0 aliphatic carbocycles. The van der Waals surface area contributed by atoms with E-state index in [0.29, 0.717) is 15.7 Å². The van der Waals surface area contributed by atoms with Gasteiger partial charge in [-0.05, 0) is 18.6 Å². The van der Waals surface area contributed by atoms with Crippen molar-refractivity contribution in [2.75, 3.05) is 5.32 Å². The van der Waals surface area contributed by atoms with Crippen molar-refractivity contribution in [3.8, 4) is 0 Å². The maximum Gasteiger partial charge on any atom is 0.239 e. The van der Waals surface area contributed by atoms with E-state index in [-0.39, 0.29) is 10.7 Å². The van der Waals surface area contributed by atoms with Gasteiger partial charge in [-0.25, -0.2) is 4.98 Å². The van der Waals surface area contributed by atoms with Gasteiger partial charge in [0.1, 0.15) is 5.52 Å². The molecule has 2 aromatic rings. The number of hydrogen-bond acceptors (Lipinski definition) is 3. The van der Waals surface area contributed by atoms with E-state index >= 15 is 0 Å². The minimum Gasteiger partial charge on any atom is -0.301 e. The number of amides is 1.